The van der Waals surface area contributed by atoms with Crippen molar-refractivity contribution in [1.82, 2.24) is 4.90 Å². The molecule has 0 amide bonds. The molecule has 1 aromatic rings. The van der Waals surface area contributed by atoms with Gasteiger partial charge in [0.1, 0.15) is 0 Å². The molecule has 2 fully saturated rings. The minimum atomic E-state index is 0.136. The van der Waals surface area contributed by atoms with Crippen molar-refractivity contribution in [1.29, 1.82) is 0 Å². The van der Waals surface area contributed by atoms with Crippen molar-refractivity contribution in [2.75, 3.05) is 13.6 Å². The number of allylic oxidation sites excluding steroid dienone is 1. The van der Waals surface area contributed by atoms with Gasteiger partial charge < -0.3 is 14.4 Å². The average Bonchev–Trinajstić information content (AvgIpc) is 3.25. The maximum absolute atomic E-state index is 6.45. The number of likely N-dealkylation sites (tertiary alicyclic amines) is 1. The van der Waals surface area contributed by atoms with Gasteiger partial charge in [0.25, 0.3) is 0 Å². The molecule has 3 aliphatic rings. The Bertz CT molecular complexity index is 662. The van der Waals surface area contributed by atoms with Gasteiger partial charge >= 0.3 is 0 Å². The molecule has 3 nitrogen and oxygen atoms in total. The molecule has 1 saturated heterocycles. The Morgan fingerprint density at radius 2 is 1.92 bits per heavy atom. The summed E-state index contributed by atoms with van der Waals surface area (Å²) in [5, 5.41) is 0. The van der Waals surface area contributed by atoms with E-state index in [-0.39, 0.29) is 11.5 Å². The summed E-state index contributed by atoms with van der Waals surface area (Å²) in [4.78, 5) is 2.54. The minimum absolute atomic E-state index is 0.136. The molecule has 4 rings (SSSR count). The van der Waals surface area contributed by atoms with Crippen LogP contribution in [0.5, 0.6) is 11.5 Å². The Morgan fingerprint density at radius 1 is 1.12 bits per heavy atom. The van der Waals surface area contributed by atoms with Crippen molar-refractivity contribution < 1.29 is 9.47 Å². The van der Waals surface area contributed by atoms with Gasteiger partial charge in [0, 0.05) is 11.5 Å². The fraction of sp³-hybridized carbons (Fsp3) is 0.652. The van der Waals surface area contributed by atoms with Crippen LogP contribution in [0.4, 0.5) is 0 Å². The van der Waals surface area contributed by atoms with Gasteiger partial charge in [0.2, 0.25) is 0 Å². The van der Waals surface area contributed by atoms with Crippen LogP contribution in [0.3, 0.4) is 0 Å². The highest BCUT2D eigenvalue weighted by atomic mass is 16.5. The van der Waals surface area contributed by atoms with Crippen LogP contribution in [0.25, 0.3) is 0 Å². The molecule has 0 N–H and O–H groups in total. The van der Waals surface area contributed by atoms with Crippen LogP contribution in [0.1, 0.15) is 64.4 Å². The van der Waals surface area contributed by atoms with E-state index in [1.807, 2.05) is 0 Å². The summed E-state index contributed by atoms with van der Waals surface area (Å²) < 4.78 is 12.5. The maximum atomic E-state index is 6.45. The fourth-order valence-corrected chi connectivity index (χ4v) is 5.16. The lowest BCUT2D eigenvalue weighted by atomic mass is 9.70. The molecule has 1 unspecified atom stereocenters. The first-order valence-corrected chi connectivity index (χ1v) is 10.4. The molecule has 3 heteroatoms. The summed E-state index contributed by atoms with van der Waals surface area (Å²) in [5.74, 6) is 1.85. The Kier molecular flexibility index (Phi) is 5.00. The van der Waals surface area contributed by atoms with E-state index in [1.165, 1.54) is 50.5 Å². The lowest BCUT2D eigenvalue weighted by Gasteiger charge is -2.38. The molecule has 0 bridgehead atoms. The van der Waals surface area contributed by atoms with Crippen molar-refractivity contribution in [2.45, 2.75) is 82.5 Å². The second-order valence-electron chi connectivity index (χ2n) is 8.62. The van der Waals surface area contributed by atoms with Gasteiger partial charge in [-0.1, -0.05) is 18.2 Å². The number of benzene rings is 1. The monoisotopic (exact) mass is 355 g/mol. The van der Waals surface area contributed by atoms with Crippen LogP contribution in [-0.4, -0.2) is 36.7 Å². The quantitative estimate of drug-likeness (QED) is 0.687. The first kappa shape index (κ1) is 17.9. The smallest absolute Gasteiger partial charge is 0.161 e. The van der Waals surface area contributed by atoms with Crippen LogP contribution < -0.4 is 9.47 Å². The highest BCUT2D eigenvalue weighted by molar-refractivity contribution is 5.49. The van der Waals surface area contributed by atoms with Crippen molar-refractivity contribution in [3.63, 3.8) is 0 Å². The third-order valence-corrected chi connectivity index (χ3v) is 6.47. The number of ether oxygens (including phenoxy) is 2. The predicted octanol–water partition coefficient (Wildman–Crippen LogP) is 5.09. The summed E-state index contributed by atoms with van der Waals surface area (Å²) in [7, 11) is 2.28. The molecule has 1 heterocycles. The van der Waals surface area contributed by atoms with Crippen LogP contribution >= 0.6 is 0 Å². The lowest BCUT2D eigenvalue weighted by molar-refractivity contribution is 0.181. The molecule has 1 aromatic carbocycles. The van der Waals surface area contributed by atoms with Crippen molar-refractivity contribution in [2.24, 2.45) is 0 Å². The molecular weight excluding hydrogens is 322 g/mol. The number of hydrogen-bond donors (Lipinski definition) is 0. The van der Waals surface area contributed by atoms with Crippen LogP contribution in [0.2, 0.25) is 0 Å². The van der Waals surface area contributed by atoms with Gasteiger partial charge in [-0.05, 0) is 90.1 Å². The summed E-state index contributed by atoms with van der Waals surface area (Å²) in [6.07, 6.45) is 13.9. The van der Waals surface area contributed by atoms with Gasteiger partial charge in [-0.25, -0.2) is 0 Å². The van der Waals surface area contributed by atoms with Crippen LogP contribution in [0, 0.1) is 0 Å². The van der Waals surface area contributed by atoms with Crippen LogP contribution in [0.15, 0.2) is 30.4 Å². The molecule has 142 valence electrons. The van der Waals surface area contributed by atoms with E-state index in [0.29, 0.717) is 12.1 Å². The standard InChI is InChI=1S/C23H33NO2/c1-17(2)25-20-12-11-18(16-21(20)26-19-8-4-5-9-19)23-13-7-6-10-22(23)24(3)15-14-23/h7,11-13,16-17,19,22H,4-6,8-10,14-15H2,1-3H3/t22?,23-/m0/s1. The highest BCUT2D eigenvalue weighted by Gasteiger charge is 2.46. The SMILES string of the molecule is CC(C)Oc1ccc([C@@]23C=CCCC2N(C)CC3)cc1OC1CCCC1. The molecule has 0 aromatic heterocycles. The zero-order valence-electron chi connectivity index (χ0n) is 16.5. The third-order valence-electron chi connectivity index (χ3n) is 6.47. The molecule has 26 heavy (non-hydrogen) atoms. The van der Waals surface area contributed by atoms with Gasteiger partial charge in [0.05, 0.1) is 12.2 Å². The van der Waals surface area contributed by atoms with E-state index in [9.17, 15) is 0 Å². The van der Waals surface area contributed by atoms with Crippen molar-refractivity contribution in [3.05, 3.63) is 35.9 Å². The molecule has 1 saturated carbocycles. The highest BCUT2D eigenvalue weighted by Crippen LogP contribution is 2.47. The largest absolute Gasteiger partial charge is 0.487 e. The van der Waals surface area contributed by atoms with Gasteiger partial charge in [-0.3, -0.25) is 0 Å². The Morgan fingerprint density at radius 3 is 2.69 bits per heavy atom. The summed E-state index contributed by atoms with van der Waals surface area (Å²) in [6, 6.07) is 7.31. The van der Waals surface area contributed by atoms with E-state index in [2.05, 4.69) is 56.1 Å². The van der Waals surface area contributed by atoms with E-state index >= 15 is 0 Å². The Hall–Kier alpha value is -1.48. The van der Waals surface area contributed by atoms with Gasteiger partial charge in [0.15, 0.2) is 11.5 Å². The average molecular weight is 356 g/mol. The first-order chi connectivity index (χ1) is 12.6. The second kappa shape index (κ2) is 7.26. The Labute approximate surface area is 158 Å². The Balaban J connectivity index is 1.70. The van der Waals surface area contributed by atoms with Crippen LogP contribution in [-0.2, 0) is 5.41 Å². The molecule has 0 radical (unpaired) electrons. The second-order valence-corrected chi connectivity index (χ2v) is 8.62. The molecule has 2 atom stereocenters. The fourth-order valence-electron chi connectivity index (χ4n) is 5.16. The third kappa shape index (κ3) is 3.26. The molecular formula is C23H33NO2. The number of hydrogen-bond acceptors (Lipinski definition) is 3. The topological polar surface area (TPSA) is 21.7 Å². The molecule has 1 aliphatic heterocycles. The number of rotatable bonds is 5. The first-order valence-electron chi connectivity index (χ1n) is 10.4. The van der Waals surface area contributed by atoms with E-state index in [4.69, 9.17) is 9.47 Å². The van der Waals surface area contributed by atoms with Gasteiger partial charge in [-0.2, -0.15) is 0 Å². The molecule has 2 aliphatic carbocycles. The molecule has 0 spiro atoms. The van der Waals surface area contributed by atoms with E-state index in [1.54, 1.807) is 0 Å². The van der Waals surface area contributed by atoms with Crippen molar-refractivity contribution >= 4 is 0 Å². The number of likely N-dealkylation sites (N-methyl/N-ethyl adjacent to an activating group) is 1. The zero-order chi connectivity index (χ0) is 18.1. The summed E-state index contributed by atoms with van der Waals surface area (Å²) in [5.41, 5.74) is 1.53. The summed E-state index contributed by atoms with van der Waals surface area (Å²) >= 11 is 0. The lowest BCUT2D eigenvalue weighted by Crippen LogP contribution is -2.41. The predicted molar refractivity (Wildman–Crippen MR) is 106 cm³/mol. The number of fused-ring (bicyclic) bond motifs is 1. The summed E-state index contributed by atoms with van der Waals surface area (Å²) in [6.45, 7) is 5.33. The number of nitrogens with zero attached hydrogens (tertiary/aromatic N) is 1. The van der Waals surface area contributed by atoms with E-state index < -0.39 is 0 Å². The zero-order valence-corrected chi connectivity index (χ0v) is 16.5. The van der Waals surface area contributed by atoms with E-state index in [0.717, 1.165) is 18.0 Å². The minimum Gasteiger partial charge on any atom is -0.487 e. The maximum Gasteiger partial charge on any atom is 0.161 e. The normalized spacial score (nSPS) is 29.3. The van der Waals surface area contributed by atoms with Gasteiger partial charge in [-0.15, -0.1) is 0 Å². The van der Waals surface area contributed by atoms with Crippen molar-refractivity contribution in [3.8, 4) is 11.5 Å².